The zero-order valence-corrected chi connectivity index (χ0v) is 16.4. The Hall–Kier alpha value is -1.40. The van der Waals surface area contributed by atoms with E-state index >= 15 is 0 Å². The van der Waals surface area contributed by atoms with Gasteiger partial charge in [0.2, 0.25) is 5.91 Å². The van der Waals surface area contributed by atoms with Gasteiger partial charge in [0.25, 0.3) is 0 Å². The van der Waals surface area contributed by atoms with Crippen LogP contribution >= 0.6 is 0 Å². The molecule has 0 atom stereocenters. The number of benzene rings is 1. The third-order valence-electron chi connectivity index (χ3n) is 6.20. The Morgan fingerprint density at radius 3 is 2.31 bits per heavy atom. The summed E-state index contributed by atoms with van der Waals surface area (Å²) in [5.41, 5.74) is 1.40. The molecule has 0 spiro atoms. The molecule has 1 aromatic rings. The minimum absolute atomic E-state index is 0.299. The van der Waals surface area contributed by atoms with E-state index in [-0.39, 0.29) is 5.91 Å². The summed E-state index contributed by atoms with van der Waals surface area (Å²) >= 11 is 0. The molecule has 0 bridgehead atoms. The molecule has 1 aliphatic carbocycles. The van der Waals surface area contributed by atoms with Gasteiger partial charge >= 0.3 is 0 Å². The maximum atomic E-state index is 12.8. The summed E-state index contributed by atoms with van der Waals surface area (Å²) in [4.78, 5) is 12.8. The van der Waals surface area contributed by atoms with E-state index in [9.17, 15) is 13.2 Å². The number of carbonyl (C=O) groups excluding carboxylic acids is 1. The fourth-order valence-electron chi connectivity index (χ4n) is 4.42. The highest BCUT2D eigenvalue weighted by Gasteiger charge is 2.48. The smallest absolute Gasteiger partial charge is 0.241 e. The topological polar surface area (TPSA) is 75.3 Å². The van der Waals surface area contributed by atoms with Gasteiger partial charge in [0.15, 0.2) is 14.6 Å². The second-order valence-electron chi connectivity index (χ2n) is 7.85. The SMILES string of the molecule is CS(=O)(=O)C1(C(=O)NCC2CCC(c3ccccc3)CC2)CCNCC1. The average molecular weight is 379 g/mol. The molecular weight excluding hydrogens is 348 g/mol. The van der Waals surface area contributed by atoms with Crippen LogP contribution in [0.5, 0.6) is 0 Å². The molecule has 0 aromatic heterocycles. The van der Waals surface area contributed by atoms with Gasteiger partial charge in [-0.3, -0.25) is 4.79 Å². The molecule has 0 unspecified atom stereocenters. The Kier molecular flexibility index (Phi) is 6.03. The number of rotatable bonds is 5. The highest BCUT2D eigenvalue weighted by atomic mass is 32.2. The monoisotopic (exact) mass is 378 g/mol. The van der Waals surface area contributed by atoms with Crippen LogP contribution in [0.3, 0.4) is 0 Å². The Morgan fingerprint density at radius 2 is 1.73 bits per heavy atom. The van der Waals surface area contributed by atoms with Crippen LogP contribution in [0.4, 0.5) is 0 Å². The van der Waals surface area contributed by atoms with E-state index in [0.717, 1.165) is 25.7 Å². The highest BCUT2D eigenvalue weighted by Crippen LogP contribution is 2.35. The molecule has 1 aromatic carbocycles. The molecule has 1 saturated carbocycles. The first-order valence-corrected chi connectivity index (χ1v) is 11.5. The van der Waals surface area contributed by atoms with E-state index in [1.54, 1.807) is 0 Å². The zero-order chi connectivity index (χ0) is 18.6. The normalized spacial score (nSPS) is 26.2. The number of hydrogen-bond acceptors (Lipinski definition) is 4. The summed E-state index contributed by atoms with van der Waals surface area (Å²) < 4.78 is 23.4. The van der Waals surface area contributed by atoms with Crippen LogP contribution in [0.15, 0.2) is 30.3 Å². The highest BCUT2D eigenvalue weighted by molar-refractivity contribution is 7.92. The molecular formula is C20H30N2O3S. The molecule has 2 N–H and O–H groups in total. The second kappa shape index (κ2) is 8.09. The largest absolute Gasteiger partial charge is 0.354 e. The molecule has 5 nitrogen and oxygen atoms in total. The lowest BCUT2D eigenvalue weighted by molar-refractivity contribution is -0.124. The van der Waals surface area contributed by atoms with E-state index in [4.69, 9.17) is 0 Å². The first kappa shape index (κ1) is 19.4. The lowest BCUT2D eigenvalue weighted by atomic mass is 9.78. The van der Waals surface area contributed by atoms with Gasteiger partial charge in [-0.2, -0.15) is 0 Å². The first-order chi connectivity index (χ1) is 12.4. The van der Waals surface area contributed by atoms with E-state index in [0.29, 0.717) is 44.3 Å². The number of sulfone groups is 1. The predicted molar refractivity (Wildman–Crippen MR) is 104 cm³/mol. The average Bonchev–Trinajstić information content (AvgIpc) is 2.67. The molecule has 1 saturated heterocycles. The van der Waals surface area contributed by atoms with Gasteiger partial charge < -0.3 is 10.6 Å². The number of piperidine rings is 1. The van der Waals surface area contributed by atoms with Gasteiger partial charge in [0.05, 0.1) is 0 Å². The van der Waals surface area contributed by atoms with E-state index in [1.807, 2.05) is 6.07 Å². The summed E-state index contributed by atoms with van der Waals surface area (Å²) in [6.45, 7) is 1.73. The van der Waals surface area contributed by atoms with Crippen molar-refractivity contribution in [2.45, 2.75) is 49.2 Å². The zero-order valence-electron chi connectivity index (χ0n) is 15.5. The third kappa shape index (κ3) is 4.12. The quantitative estimate of drug-likeness (QED) is 0.824. The van der Waals surface area contributed by atoms with Crippen molar-refractivity contribution in [2.24, 2.45) is 5.92 Å². The van der Waals surface area contributed by atoms with Gasteiger partial charge in [-0.05, 0) is 69.0 Å². The van der Waals surface area contributed by atoms with Crippen LogP contribution < -0.4 is 10.6 Å². The molecule has 0 radical (unpaired) electrons. The van der Waals surface area contributed by atoms with Crippen LogP contribution in [0.2, 0.25) is 0 Å². The van der Waals surface area contributed by atoms with Crippen LogP contribution in [0.1, 0.15) is 50.0 Å². The predicted octanol–water partition coefficient (Wildman–Crippen LogP) is 2.24. The molecule has 3 rings (SSSR count). The Labute approximate surface area is 156 Å². The maximum Gasteiger partial charge on any atom is 0.241 e. The molecule has 2 aliphatic rings. The van der Waals surface area contributed by atoms with Crippen molar-refractivity contribution < 1.29 is 13.2 Å². The number of hydrogen-bond donors (Lipinski definition) is 2. The lowest BCUT2D eigenvalue weighted by Crippen LogP contribution is -2.57. The summed E-state index contributed by atoms with van der Waals surface area (Å²) in [5, 5.41) is 6.13. The molecule has 1 aliphatic heterocycles. The van der Waals surface area contributed by atoms with E-state index < -0.39 is 14.6 Å². The van der Waals surface area contributed by atoms with Gasteiger partial charge in [-0.1, -0.05) is 30.3 Å². The second-order valence-corrected chi connectivity index (χ2v) is 10.2. The fraction of sp³-hybridized carbons (Fsp3) is 0.650. The molecule has 6 heteroatoms. The van der Waals surface area contributed by atoms with Crippen molar-refractivity contribution in [1.82, 2.24) is 10.6 Å². The van der Waals surface area contributed by atoms with Gasteiger partial charge in [-0.15, -0.1) is 0 Å². The van der Waals surface area contributed by atoms with Crippen molar-refractivity contribution in [3.05, 3.63) is 35.9 Å². The van der Waals surface area contributed by atoms with Crippen molar-refractivity contribution in [3.8, 4) is 0 Å². The lowest BCUT2D eigenvalue weighted by Gasteiger charge is -2.35. The molecule has 1 heterocycles. The van der Waals surface area contributed by atoms with Crippen molar-refractivity contribution in [2.75, 3.05) is 25.9 Å². The molecule has 144 valence electrons. The first-order valence-electron chi connectivity index (χ1n) is 9.66. The third-order valence-corrected chi connectivity index (χ3v) is 8.22. The molecule has 1 amide bonds. The maximum absolute atomic E-state index is 12.8. The standard InChI is InChI=1S/C20H30N2O3S/c1-26(24,25)20(11-13-21-14-12-20)19(23)22-15-16-7-9-18(10-8-16)17-5-3-2-4-6-17/h2-6,16,18,21H,7-15H2,1H3,(H,22,23). The number of nitrogens with one attached hydrogen (secondary N) is 2. The summed E-state index contributed by atoms with van der Waals surface area (Å²) in [6.07, 6.45) is 6.33. The summed E-state index contributed by atoms with van der Waals surface area (Å²) in [6, 6.07) is 10.6. The van der Waals surface area contributed by atoms with Gasteiger partial charge in [0.1, 0.15) is 0 Å². The van der Waals surface area contributed by atoms with Crippen molar-refractivity contribution >= 4 is 15.7 Å². The van der Waals surface area contributed by atoms with Crippen LogP contribution in [-0.4, -0.2) is 45.0 Å². The van der Waals surface area contributed by atoms with Crippen molar-refractivity contribution in [3.63, 3.8) is 0 Å². The molecule has 2 fully saturated rings. The van der Waals surface area contributed by atoms with Crippen LogP contribution in [0.25, 0.3) is 0 Å². The fourth-order valence-corrected chi connectivity index (χ4v) is 5.77. The Balaban J connectivity index is 1.53. The van der Waals surface area contributed by atoms with Crippen LogP contribution in [-0.2, 0) is 14.6 Å². The van der Waals surface area contributed by atoms with Crippen molar-refractivity contribution in [1.29, 1.82) is 0 Å². The molecule has 26 heavy (non-hydrogen) atoms. The van der Waals surface area contributed by atoms with Crippen LogP contribution in [0, 0.1) is 5.92 Å². The number of amides is 1. The minimum Gasteiger partial charge on any atom is -0.354 e. The minimum atomic E-state index is -3.44. The van der Waals surface area contributed by atoms with Gasteiger partial charge in [0, 0.05) is 12.8 Å². The summed E-state index contributed by atoms with van der Waals surface area (Å²) in [7, 11) is -3.44. The summed E-state index contributed by atoms with van der Waals surface area (Å²) in [5.74, 6) is 0.749. The van der Waals surface area contributed by atoms with E-state index in [2.05, 4.69) is 34.9 Å². The Morgan fingerprint density at radius 1 is 1.12 bits per heavy atom. The Bertz CT molecular complexity index is 704. The van der Waals surface area contributed by atoms with Gasteiger partial charge in [-0.25, -0.2) is 8.42 Å². The number of carbonyl (C=O) groups is 1. The van der Waals surface area contributed by atoms with E-state index in [1.165, 1.54) is 11.8 Å².